The van der Waals surface area contributed by atoms with Gasteiger partial charge in [-0.2, -0.15) is 0 Å². The highest BCUT2D eigenvalue weighted by Crippen LogP contribution is 2.30. The number of halogens is 2. The minimum atomic E-state index is -0.847. The predicted octanol–water partition coefficient (Wildman–Crippen LogP) is 3.71. The van der Waals surface area contributed by atoms with Crippen LogP contribution < -0.4 is 5.32 Å². The summed E-state index contributed by atoms with van der Waals surface area (Å²) in [6.45, 7) is 1.53. The Hall–Kier alpha value is -2.81. The molecule has 4 rings (SSSR count). The number of hydrogen-bond acceptors (Lipinski definition) is 5. The van der Waals surface area contributed by atoms with Crippen LogP contribution in [0.1, 0.15) is 49.0 Å². The van der Waals surface area contributed by atoms with E-state index in [1.165, 1.54) is 31.4 Å². The van der Waals surface area contributed by atoms with Crippen LogP contribution >= 0.6 is 0 Å². The Morgan fingerprint density at radius 3 is 2.66 bits per heavy atom. The molecule has 9 heteroatoms. The summed E-state index contributed by atoms with van der Waals surface area (Å²) in [6, 6.07) is 4.77. The summed E-state index contributed by atoms with van der Waals surface area (Å²) >= 11 is 0. The molecule has 7 nitrogen and oxygen atoms in total. The van der Waals surface area contributed by atoms with E-state index in [-0.39, 0.29) is 29.5 Å². The lowest BCUT2D eigenvalue weighted by atomic mass is 9.83. The number of hydrogen-bond donors (Lipinski definition) is 2. The van der Waals surface area contributed by atoms with E-state index in [2.05, 4.69) is 15.4 Å². The first-order valence-electron chi connectivity index (χ1n) is 11.1. The smallest absolute Gasteiger partial charge is 0.308 e. The van der Waals surface area contributed by atoms with Crippen molar-refractivity contribution in [1.82, 2.24) is 15.4 Å². The number of carbonyl (C=O) groups is 2. The molecule has 32 heavy (non-hydrogen) atoms. The fraction of sp³-hybridized carbons (Fsp3) is 0.522. The van der Waals surface area contributed by atoms with E-state index in [0.717, 1.165) is 31.5 Å². The molecular weight excluding hydrogens is 420 g/mol. The van der Waals surface area contributed by atoms with Crippen molar-refractivity contribution >= 4 is 11.9 Å². The second-order valence-corrected chi connectivity index (χ2v) is 8.69. The van der Waals surface area contributed by atoms with E-state index in [1.54, 1.807) is 0 Å². The van der Waals surface area contributed by atoms with Crippen molar-refractivity contribution in [3.8, 4) is 11.3 Å². The van der Waals surface area contributed by atoms with Gasteiger partial charge in [0.15, 0.2) is 11.5 Å². The monoisotopic (exact) mass is 447 g/mol. The first-order valence-corrected chi connectivity index (χ1v) is 11.1. The van der Waals surface area contributed by atoms with Gasteiger partial charge in [0.1, 0.15) is 11.6 Å². The van der Waals surface area contributed by atoms with Crippen LogP contribution in [0.2, 0.25) is 0 Å². The molecule has 172 valence electrons. The third kappa shape index (κ3) is 4.98. The van der Waals surface area contributed by atoms with Gasteiger partial charge in [-0.05, 0) is 43.9 Å². The van der Waals surface area contributed by atoms with Gasteiger partial charge in [-0.3, -0.25) is 14.5 Å². The van der Waals surface area contributed by atoms with Crippen LogP contribution in [0.15, 0.2) is 28.8 Å². The number of amides is 1. The van der Waals surface area contributed by atoms with E-state index in [9.17, 15) is 23.5 Å². The summed E-state index contributed by atoms with van der Waals surface area (Å²) in [5.41, 5.74) is -0.0470. The summed E-state index contributed by atoms with van der Waals surface area (Å²) in [7, 11) is 0. The highest BCUT2D eigenvalue weighted by Gasteiger charge is 2.37. The zero-order chi connectivity index (χ0) is 22.7. The Morgan fingerprint density at radius 1 is 1.16 bits per heavy atom. The average molecular weight is 447 g/mol. The fourth-order valence-corrected chi connectivity index (χ4v) is 4.84. The molecule has 0 unspecified atom stereocenters. The maximum atomic E-state index is 13.9. The number of benzene rings is 1. The van der Waals surface area contributed by atoms with Crippen LogP contribution in [-0.4, -0.2) is 52.7 Å². The van der Waals surface area contributed by atoms with Crippen molar-refractivity contribution in [1.29, 1.82) is 0 Å². The largest absolute Gasteiger partial charge is 0.481 e. The third-order valence-electron chi connectivity index (χ3n) is 6.66. The highest BCUT2D eigenvalue weighted by atomic mass is 19.1. The summed E-state index contributed by atoms with van der Waals surface area (Å²) in [5, 5.41) is 16.2. The lowest BCUT2D eigenvalue weighted by molar-refractivity contribution is -0.146. The molecule has 2 atom stereocenters. The van der Waals surface area contributed by atoms with Gasteiger partial charge in [0, 0.05) is 31.3 Å². The molecule has 1 aromatic carbocycles. The molecular formula is C23H27F2N3O4. The Bertz CT molecular complexity index is 974. The number of carbonyl (C=O) groups excluding carboxylic acids is 1. The summed E-state index contributed by atoms with van der Waals surface area (Å²) in [6.07, 6.45) is 6.57. The molecule has 2 N–H and O–H groups in total. The van der Waals surface area contributed by atoms with Gasteiger partial charge in [-0.1, -0.05) is 24.4 Å². The molecule has 1 aliphatic carbocycles. The zero-order valence-corrected chi connectivity index (χ0v) is 17.7. The van der Waals surface area contributed by atoms with E-state index < -0.39 is 29.4 Å². The minimum Gasteiger partial charge on any atom is -0.481 e. The van der Waals surface area contributed by atoms with Gasteiger partial charge < -0.3 is 14.9 Å². The van der Waals surface area contributed by atoms with Crippen LogP contribution in [0.4, 0.5) is 8.78 Å². The molecule has 0 spiro atoms. The van der Waals surface area contributed by atoms with E-state index in [1.807, 2.05) is 0 Å². The van der Waals surface area contributed by atoms with Crippen molar-refractivity contribution in [3.63, 3.8) is 0 Å². The molecule has 1 aliphatic heterocycles. The Morgan fingerprint density at radius 2 is 1.94 bits per heavy atom. The highest BCUT2D eigenvalue weighted by molar-refractivity contribution is 5.93. The topological polar surface area (TPSA) is 95.7 Å². The first-order chi connectivity index (χ1) is 15.4. The number of nitrogens with zero attached hydrogens (tertiary/aromatic N) is 2. The van der Waals surface area contributed by atoms with Crippen molar-refractivity contribution in [2.45, 2.75) is 44.6 Å². The molecule has 1 saturated heterocycles. The summed E-state index contributed by atoms with van der Waals surface area (Å²) < 4.78 is 32.1. The lowest BCUT2D eigenvalue weighted by Crippen LogP contribution is -2.51. The fourth-order valence-electron chi connectivity index (χ4n) is 4.84. The number of carboxylic acids is 1. The number of nitrogens with one attached hydrogen (secondary N) is 1. The van der Waals surface area contributed by atoms with Gasteiger partial charge in [-0.25, -0.2) is 8.78 Å². The number of carboxylic acid groups (broad SMARTS) is 1. The quantitative estimate of drug-likeness (QED) is 0.701. The Kier molecular flexibility index (Phi) is 6.83. The first kappa shape index (κ1) is 22.4. The van der Waals surface area contributed by atoms with Crippen LogP contribution in [0.25, 0.3) is 11.3 Å². The van der Waals surface area contributed by atoms with Crippen molar-refractivity contribution < 1.29 is 28.0 Å². The molecule has 1 amide bonds. The van der Waals surface area contributed by atoms with Gasteiger partial charge in [0.2, 0.25) is 0 Å². The number of rotatable bonds is 6. The molecule has 0 bridgehead atoms. The van der Waals surface area contributed by atoms with Gasteiger partial charge in [-0.15, -0.1) is 0 Å². The van der Waals surface area contributed by atoms with Gasteiger partial charge >= 0.3 is 5.97 Å². The summed E-state index contributed by atoms with van der Waals surface area (Å²) in [5.74, 6) is -3.63. The minimum absolute atomic E-state index is 0.000948. The lowest BCUT2D eigenvalue weighted by Gasteiger charge is -2.42. The predicted molar refractivity (Wildman–Crippen MR) is 112 cm³/mol. The zero-order valence-electron chi connectivity index (χ0n) is 17.7. The van der Waals surface area contributed by atoms with Gasteiger partial charge in [0.05, 0.1) is 11.5 Å². The Labute approximate surface area is 184 Å². The average Bonchev–Trinajstić information content (AvgIpc) is 3.28. The SMILES string of the molecule is O=C(NC[C@H]1CCN(C2CCCCC2)C[C@H]1C(=O)O)c1cc(-c2ccc(F)cc2F)on1. The van der Waals surface area contributed by atoms with Crippen LogP contribution in [0.5, 0.6) is 0 Å². The molecule has 1 saturated carbocycles. The van der Waals surface area contributed by atoms with E-state index >= 15 is 0 Å². The number of aromatic nitrogens is 1. The van der Waals surface area contributed by atoms with Crippen LogP contribution in [0.3, 0.4) is 0 Å². The maximum absolute atomic E-state index is 13.9. The van der Waals surface area contributed by atoms with Gasteiger partial charge in [0.25, 0.3) is 5.91 Å². The number of aliphatic carboxylic acids is 1. The second-order valence-electron chi connectivity index (χ2n) is 8.69. The Balaban J connectivity index is 1.36. The van der Waals surface area contributed by atoms with E-state index in [4.69, 9.17) is 4.52 Å². The number of likely N-dealkylation sites (tertiary alicyclic amines) is 1. The second kappa shape index (κ2) is 9.77. The molecule has 1 aromatic heterocycles. The molecule has 2 aliphatic rings. The van der Waals surface area contributed by atoms with Crippen LogP contribution in [0, 0.1) is 23.5 Å². The van der Waals surface area contributed by atoms with Crippen molar-refractivity contribution in [2.75, 3.05) is 19.6 Å². The molecule has 2 heterocycles. The maximum Gasteiger partial charge on any atom is 0.308 e. The van der Waals surface area contributed by atoms with Crippen molar-refractivity contribution in [3.05, 3.63) is 41.6 Å². The normalized spacial score (nSPS) is 22.6. The molecule has 2 aromatic rings. The third-order valence-corrected chi connectivity index (χ3v) is 6.66. The standard InChI is InChI=1S/C23H27F2N3O4/c24-15-6-7-17(19(25)10-15)21-11-20(27-32-21)22(29)26-12-14-8-9-28(13-18(14)23(30)31)16-4-2-1-3-5-16/h6-7,10-11,14,16,18H,1-5,8-9,12-13H2,(H,26,29)(H,30,31)/t14-,18-/m1/s1. The van der Waals surface area contributed by atoms with Crippen LogP contribution in [-0.2, 0) is 4.79 Å². The van der Waals surface area contributed by atoms with E-state index in [0.29, 0.717) is 19.0 Å². The molecule has 2 fully saturated rings. The van der Waals surface area contributed by atoms with Crippen molar-refractivity contribution in [2.24, 2.45) is 11.8 Å². The summed E-state index contributed by atoms with van der Waals surface area (Å²) in [4.78, 5) is 26.7. The molecule has 0 radical (unpaired) electrons. The number of piperidine rings is 1.